The predicted molar refractivity (Wildman–Crippen MR) is 49.8 cm³/mol. The summed E-state index contributed by atoms with van der Waals surface area (Å²) in [6.07, 6.45) is -0.107. The van der Waals surface area contributed by atoms with E-state index in [2.05, 4.69) is 5.32 Å². The molecule has 1 aromatic heterocycles. The number of nitrogens with one attached hydrogen (secondary N) is 1. The normalized spacial score (nSPS) is 9.54. The Bertz CT molecular complexity index is 294. The molecule has 0 radical (unpaired) electrons. The van der Waals surface area contributed by atoms with Crippen molar-refractivity contribution in [2.24, 2.45) is 0 Å². The van der Waals surface area contributed by atoms with Crippen molar-refractivity contribution in [1.82, 2.24) is 0 Å². The lowest BCUT2D eigenvalue weighted by Gasteiger charge is -1.99. The van der Waals surface area contributed by atoms with Crippen LogP contribution in [0.1, 0.15) is 12.8 Å². The first-order valence-corrected chi connectivity index (χ1v) is 4.61. The summed E-state index contributed by atoms with van der Waals surface area (Å²) < 4.78 is 0. The molecule has 0 atom stereocenters. The number of carbonyl (C=O) groups is 2. The molecule has 1 amide bonds. The van der Waals surface area contributed by atoms with Crippen LogP contribution in [0.3, 0.4) is 0 Å². The molecule has 0 saturated carbocycles. The van der Waals surface area contributed by atoms with E-state index in [1.807, 2.05) is 11.4 Å². The van der Waals surface area contributed by atoms with E-state index < -0.39 is 5.97 Å². The Morgan fingerprint density at radius 1 is 1.46 bits per heavy atom. The van der Waals surface area contributed by atoms with Gasteiger partial charge in [-0.25, -0.2) is 0 Å². The Labute approximate surface area is 79.2 Å². The SMILES string of the molecule is O=C(O)CCC(=O)Nc1cccs1. The van der Waals surface area contributed by atoms with Crippen LogP contribution in [0.4, 0.5) is 5.00 Å². The maximum absolute atomic E-state index is 11.0. The first kappa shape index (κ1) is 9.73. The van der Waals surface area contributed by atoms with E-state index in [4.69, 9.17) is 5.11 Å². The molecule has 1 heterocycles. The number of carboxylic acid groups (broad SMARTS) is 1. The number of hydrogen-bond donors (Lipinski definition) is 2. The van der Waals surface area contributed by atoms with Crippen molar-refractivity contribution in [1.29, 1.82) is 0 Å². The van der Waals surface area contributed by atoms with Crippen LogP contribution in [-0.2, 0) is 9.59 Å². The third-order valence-corrected chi connectivity index (χ3v) is 2.14. The molecule has 0 aromatic carbocycles. The summed E-state index contributed by atoms with van der Waals surface area (Å²) in [5.41, 5.74) is 0. The maximum atomic E-state index is 11.0. The topological polar surface area (TPSA) is 66.4 Å². The van der Waals surface area contributed by atoms with E-state index in [1.165, 1.54) is 11.3 Å². The molecule has 2 N–H and O–H groups in total. The van der Waals surface area contributed by atoms with E-state index in [0.29, 0.717) is 0 Å². The summed E-state index contributed by atoms with van der Waals surface area (Å²) in [5, 5.41) is 13.5. The maximum Gasteiger partial charge on any atom is 0.303 e. The molecule has 4 nitrogen and oxygen atoms in total. The molecule has 0 aliphatic carbocycles. The zero-order valence-corrected chi connectivity index (χ0v) is 7.63. The van der Waals surface area contributed by atoms with Gasteiger partial charge >= 0.3 is 5.97 Å². The van der Waals surface area contributed by atoms with Crippen LogP contribution in [0.2, 0.25) is 0 Å². The summed E-state index contributed by atoms with van der Waals surface area (Å²) in [5.74, 6) is -1.22. The summed E-state index contributed by atoms with van der Waals surface area (Å²) in [6, 6.07) is 3.58. The predicted octanol–water partition coefficient (Wildman–Crippen LogP) is 1.55. The van der Waals surface area contributed by atoms with Gasteiger partial charge in [0.2, 0.25) is 5.91 Å². The van der Waals surface area contributed by atoms with Gasteiger partial charge in [0.15, 0.2) is 0 Å². The molecule has 0 aliphatic rings. The molecule has 5 heteroatoms. The van der Waals surface area contributed by atoms with E-state index in [9.17, 15) is 9.59 Å². The van der Waals surface area contributed by atoms with Crippen LogP contribution in [0.5, 0.6) is 0 Å². The fourth-order valence-corrected chi connectivity index (χ4v) is 1.40. The van der Waals surface area contributed by atoms with Gasteiger partial charge in [0.1, 0.15) is 0 Å². The van der Waals surface area contributed by atoms with Crippen molar-refractivity contribution >= 4 is 28.2 Å². The lowest BCUT2D eigenvalue weighted by atomic mass is 10.3. The number of carbonyl (C=O) groups excluding carboxylic acids is 1. The minimum Gasteiger partial charge on any atom is -0.481 e. The van der Waals surface area contributed by atoms with Gasteiger partial charge < -0.3 is 10.4 Å². The van der Waals surface area contributed by atoms with Gasteiger partial charge in [0.05, 0.1) is 11.4 Å². The Kier molecular flexibility index (Phi) is 3.45. The lowest BCUT2D eigenvalue weighted by Crippen LogP contribution is -2.12. The number of rotatable bonds is 4. The van der Waals surface area contributed by atoms with Gasteiger partial charge in [-0.15, -0.1) is 11.3 Å². The molecule has 0 aliphatic heterocycles. The van der Waals surface area contributed by atoms with Gasteiger partial charge in [-0.05, 0) is 17.5 Å². The van der Waals surface area contributed by atoms with Crippen molar-refractivity contribution in [2.75, 3.05) is 5.32 Å². The van der Waals surface area contributed by atoms with Crippen LogP contribution < -0.4 is 5.32 Å². The van der Waals surface area contributed by atoms with Crippen LogP contribution >= 0.6 is 11.3 Å². The highest BCUT2D eigenvalue weighted by molar-refractivity contribution is 7.14. The number of hydrogen-bond acceptors (Lipinski definition) is 3. The molecule has 70 valence electrons. The largest absolute Gasteiger partial charge is 0.481 e. The Balaban J connectivity index is 2.30. The fourth-order valence-electron chi connectivity index (χ4n) is 0.770. The van der Waals surface area contributed by atoms with Crippen molar-refractivity contribution in [3.05, 3.63) is 17.5 Å². The summed E-state index contributed by atoms with van der Waals surface area (Å²) in [7, 11) is 0. The second-order valence-electron chi connectivity index (χ2n) is 2.42. The van der Waals surface area contributed by atoms with Gasteiger partial charge in [-0.3, -0.25) is 9.59 Å². The molecule has 0 fully saturated rings. The number of aliphatic carboxylic acids is 1. The van der Waals surface area contributed by atoms with Gasteiger partial charge in [0, 0.05) is 6.42 Å². The molecule has 0 saturated heterocycles. The van der Waals surface area contributed by atoms with Gasteiger partial charge in [-0.1, -0.05) is 0 Å². The molecule has 0 bridgehead atoms. The second-order valence-corrected chi connectivity index (χ2v) is 3.37. The Morgan fingerprint density at radius 3 is 2.77 bits per heavy atom. The highest BCUT2D eigenvalue weighted by Gasteiger charge is 2.05. The fraction of sp³-hybridized carbons (Fsp3) is 0.250. The van der Waals surface area contributed by atoms with Crippen molar-refractivity contribution in [3.63, 3.8) is 0 Å². The second kappa shape index (κ2) is 4.61. The first-order valence-electron chi connectivity index (χ1n) is 3.73. The smallest absolute Gasteiger partial charge is 0.303 e. The summed E-state index contributed by atoms with van der Waals surface area (Å²) in [4.78, 5) is 21.2. The average molecular weight is 199 g/mol. The number of anilines is 1. The van der Waals surface area contributed by atoms with Crippen molar-refractivity contribution in [2.45, 2.75) is 12.8 Å². The molecule has 0 unspecified atom stereocenters. The zero-order chi connectivity index (χ0) is 9.68. The minimum absolute atomic E-state index is 0.0211. The molecule has 0 spiro atoms. The molecule has 1 rings (SSSR count). The van der Waals surface area contributed by atoms with Crippen molar-refractivity contribution < 1.29 is 14.7 Å². The van der Waals surface area contributed by atoms with E-state index in [-0.39, 0.29) is 18.7 Å². The van der Waals surface area contributed by atoms with Crippen molar-refractivity contribution in [3.8, 4) is 0 Å². The van der Waals surface area contributed by atoms with Gasteiger partial charge in [0.25, 0.3) is 0 Å². The number of carboxylic acids is 1. The molecular formula is C8H9NO3S. The molecular weight excluding hydrogens is 190 g/mol. The summed E-state index contributed by atoms with van der Waals surface area (Å²) >= 11 is 1.41. The highest BCUT2D eigenvalue weighted by atomic mass is 32.1. The van der Waals surface area contributed by atoms with Crippen LogP contribution in [0, 0.1) is 0 Å². The van der Waals surface area contributed by atoms with Crippen LogP contribution in [-0.4, -0.2) is 17.0 Å². The standard InChI is InChI=1S/C8H9NO3S/c10-6(3-4-8(11)12)9-7-2-1-5-13-7/h1-2,5H,3-4H2,(H,9,10)(H,11,12). The zero-order valence-electron chi connectivity index (χ0n) is 6.82. The van der Waals surface area contributed by atoms with E-state index >= 15 is 0 Å². The summed E-state index contributed by atoms with van der Waals surface area (Å²) in [6.45, 7) is 0. The number of thiophene rings is 1. The number of amides is 1. The quantitative estimate of drug-likeness (QED) is 0.773. The minimum atomic E-state index is -0.957. The monoisotopic (exact) mass is 199 g/mol. The highest BCUT2D eigenvalue weighted by Crippen LogP contribution is 2.15. The van der Waals surface area contributed by atoms with E-state index in [1.54, 1.807) is 6.07 Å². The van der Waals surface area contributed by atoms with Crippen LogP contribution in [0.15, 0.2) is 17.5 Å². The lowest BCUT2D eigenvalue weighted by molar-refractivity contribution is -0.138. The average Bonchev–Trinajstić information content (AvgIpc) is 2.53. The van der Waals surface area contributed by atoms with E-state index in [0.717, 1.165) is 5.00 Å². The third-order valence-electron chi connectivity index (χ3n) is 1.35. The molecule has 1 aromatic rings. The first-order chi connectivity index (χ1) is 6.18. The van der Waals surface area contributed by atoms with Crippen LogP contribution in [0.25, 0.3) is 0 Å². The Morgan fingerprint density at radius 2 is 2.23 bits per heavy atom. The Hall–Kier alpha value is -1.36. The molecule has 13 heavy (non-hydrogen) atoms. The van der Waals surface area contributed by atoms with Gasteiger partial charge in [-0.2, -0.15) is 0 Å². The third kappa shape index (κ3) is 3.71.